The minimum atomic E-state index is -0.311. The van der Waals surface area contributed by atoms with E-state index in [-0.39, 0.29) is 18.3 Å². The van der Waals surface area contributed by atoms with Crippen molar-refractivity contribution < 1.29 is 9.31 Å². The Bertz CT molecular complexity index is 746. The van der Waals surface area contributed by atoms with Crippen LogP contribution in [0.15, 0.2) is 18.2 Å². The van der Waals surface area contributed by atoms with Crippen LogP contribution in [0.2, 0.25) is 0 Å². The van der Waals surface area contributed by atoms with Crippen LogP contribution in [0.5, 0.6) is 0 Å². The molecule has 2 heterocycles. The van der Waals surface area contributed by atoms with Crippen molar-refractivity contribution >= 4 is 23.5 Å². The molecule has 0 unspecified atom stereocenters. The standard InChI is InChI=1S/C18H25BN2O2/c1-12-15-9-8-14(19-22-17(2,3)18(4,5)23-19)10-16(15)21(20-12)11-13-6-7-13/h8-10,13H,6-7,11H2,1-5H3. The smallest absolute Gasteiger partial charge is 0.399 e. The van der Waals surface area contributed by atoms with Crippen LogP contribution in [0, 0.1) is 12.8 Å². The Balaban J connectivity index is 1.71. The highest BCUT2D eigenvalue weighted by Gasteiger charge is 2.51. The average molecular weight is 312 g/mol. The Morgan fingerprint density at radius 1 is 1.17 bits per heavy atom. The molecule has 0 atom stereocenters. The van der Waals surface area contributed by atoms with Crippen molar-refractivity contribution in [3.05, 3.63) is 23.9 Å². The molecule has 2 aromatic rings. The zero-order valence-electron chi connectivity index (χ0n) is 14.7. The van der Waals surface area contributed by atoms with E-state index in [0.29, 0.717) is 0 Å². The number of aryl methyl sites for hydroxylation is 1. The van der Waals surface area contributed by atoms with E-state index in [4.69, 9.17) is 14.4 Å². The second kappa shape index (κ2) is 4.84. The monoisotopic (exact) mass is 312 g/mol. The van der Waals surface area contributed by atoms with Gasteiger partial charge in [0.2, 0.25) is 0 Å². The van der Waals surface area contributed by atoms with Gasteiger partial charge in [-0.25, -0.2) is 0 Å². The van der Waals surface area contributed by atoms with Crippen molar-refractivity contribution in [1.29, 1.82) is 0 Å². The fourth-order valence-electron chi connectivity index (χ4n) is 3.17. The second-order valence-corrected chi connectivity index (χ2v) is 8.08. The van der Waals surface area contributed by atoms with E-state index in [1.165, 1.54) is 23.7 Å². The Morgan fingerprint density at radius 3 is 2.43 bits per heavy atom. The van der Waals surface area contributed by atoms with Crippen molar-refractivity contribution in [2.75, 3.05) is 0 Å². The predicted molar refractivity (Wildman–Crippen MR) is 92.9 cm³/mol. The van der Waals surface area contributed by atoms with Gasteiger partial charge in [0.15, 0.2) is 0 Å². The lowest BCUT2D eigenvalue weighted by atomic mass is 9.79. The molecule has 1 saturated carbocycles. The van der Waals surface area contributed by atoms with Gasteiger partial charge in [-0.3, -0.25) is 4.68 Å². The van der Waals surface area contributed by atoms with Crippen molar-refractivity contribution in [1.82, 2.24) is 9.78 Å². The van der Waals surface area contributed by atoms with Gasteiger partial charge in [0, 0.05) is 11.9 Å². The highest BCUT2D eigenvalue weighted by atomic mass is 16.7. The minimum absolute atomic E-state index is 0.309. The molecule has 4 nitrogen and oxygen atoms in total. The molecule has 1 saturated heterocycles. The lowest BCUT2D eigenvalue weighted by Crippen LogP contribution is -2.41. The fraction of sp³-hybridized carbons (Fsp3) is 0.611. The van der Waals surface area contributed by atoms with E-state index < -0.39 is 0 Å². The largest absolute Gasteiger partial charge is 0.494 e. The number of nitrogens with zero attached hydrogens (tertiary/aromatic N) is 2. The third-order valence-corrected chi connectivity index (χ3v) is 5.61. The maximum Gasteiger partial charge on any atom is 0.494 e. The molecule has 0 radical (unpaired) electrons. The summed E-state index contributed by atoms with van der Waals surface area (Å²) in [6.07, 6.45) is 2.66. The van der Waals surface area contributed by atoms with E-state index >= 15 is 0 Å². The van der Waals surface area contributed by atoms with Crippen molar-refractivity contribution in [3.63, 3.8) is 0 Å². The minimum Gasteiger partial charge on any atom is -0.399 e. The van der Waals surface area contributed by atoms with E-state index in [1.807, 2.05) is 0 Å². The molecular formula is C18H25BN2O2. The third kappa shape index (κ3) is 2.50. The van der Waals surface area contributed by atoms with Gasteiger partial charge >= 0.3 is 7.12 Å². The number of aromatic nitrogens is 2. The lowest BCUT2D eigenvalue weighted by molar-refractivity contribution is 0.00578. The molecule has 4 rings (SSSR count). The molecule has 5 heteroatoms. The van der Waals surface area contributed by atoms with E-state index in [2.05, 4.69) is 57.5 Å². The number of benzene rings is 1. The Kier molecular flexibility index (Phi) is 3.20. The Labute approximate surface area is 138 Å². The van der Waals surface area contributed by atoms with Gasteiger partial charge in [0.1, 0.15) is 0 Å². The average Bonchev–Trinajstić information content (AvgIpc) is 3.18. The predicted octanol–water partition coefficient (Wildman–Crippen LogP) is 3.05. The summed E-state index contributed by atoms with van der Waals surface area (Å²) in [7, 11) is -0.311. The topological polar surface area (TPSA) is 36.3 Å². The molecule has 1 aromatic heterocycles. The first-order valence-corrected chi connectivity index (χ1v) is 8.59. The summed E-state index contributed by atoms with van der Waals surface area (Å²) in [6, 6.07) is 6.46. The lowest BCUT2D eigenvalue weighted by Gasteiger charge is -2.32. The van der Waals surface area contributed by atoms with Crippen molar-refractivity contribution in [3.8, 4) is 0 Å². The summed E-state index contributed by atoms with van der Waals surface area (Å²) >= 11 is 0. The first-order chi connectivity index (χ1) is 10.8. The van der Waals surface area contributed by atoms with Crippen molar-refractivity contribution in [2.24, 2.45) is 5.92 Å². The number of rotatable bonds is 3. The van der Waals surface area contributed by atoms with Crippen LogP contribution in [-0.4, -0.2) is 28.1 Å². The highest BCUT2D eigenvalue weighted by Crippen LogP contribution is 2.37. The number of fused-ring (bicyclic) bond motifs is 1. The number of hydrogen-bond donors (Lipinski definition) is 0. The van der Waals surface area contributed by atoms with Gasteiger partial charge in [-0.2, -0.15) is 5.10 Å². The molecule has 1 aliphatic heterocycles. The maximum atomic E-state index is 6.19. The van der Waals surface area contributed by atoms with Crippen LogP contribution in [-0.2, 0) is 15.9 Å². The van der Waals surface area contributed by atoms with Gasteiger partial charge in [0.05, 0.1) is 22.4 Å². The van der Waals surface area contributed by atoms with Gasteiger partial charge in [0.25, 0.3) is 0 Å². The molecule has 0 spiro atoms. The van der Waals surface area contributed by atoms with E-state index in [9.17, 15) is 0 Å². The SMILES string of the molecule is Cc1nn(CC2CC2)c2cc(B3OC(C)(C)C(C)(C)O3)ccc12. The fourth-order valence-corrected chi connectivity index (χ4v) is 3.17. The highest BCUT2D eigenvalue weighted by molar-refractivity contribution is 6.62. The van der Waals surface area contributed by atoms with Gasteiger partial charge in [-0.15, -0.1) is 0 Å². The summed E-state index contributed by atoms with van der Waals surface area (Å²) in [6.45, 7) is 11.5. The summed E-state index contributed by atoms with van der Waals surface area (Å²) in [5.74, 6) is 0.804. The zero-order chi connectivity index (χ0) is 16.4. The summed E-state index contributed by atoms with van der Waals surface area (Å²) in [4.78, 5) is 0. The van der Waals surface area contributed by atoms with Crippen molar-refractivity contribution in [2.45, 2.75) is 65.2 Å². The molecule has 122 valence electrons. The summed E-state index contributed by atoms with van der Waals surface area (Å²) in [5.41, 5.74) is 2.75. The Hall–Kier alpha value is -1.33. The Morgan fingerprint density at radius 2 is 1.83 bits per heavy atom. The molecule has 1 aliphatic carbocycles. The molecular weight excluding hydrogens is 287 g/mol. The molecule has 0 N–H and O–H groups in total. The molecule has 0 bridgehead atoms. The van der Waals surface area contributed by atoms with Crippen LogP contribution in [0.4, 0.5) is 0 Å². The number of hydrogen-bond acceptors (Lipinski definition) is 3. The van der Waals surface area contributed by atoms with Gasteiger partial charge in [-0.05, 0) is 64.9 Å². The normalized spacial score (nSPS) is 22.9. The van der Waals surface area contributed by atoms with Crippen LogP contribution in [0.25, 0.3) is 10.9 Å². The van der Waals surface area contributed by atoms with Gasteiger partial charge < -0.3 is 9.31 Å². The third-order valence-electron chi connectivity index (χ3n) is 5.61. The van der Waals surface area contributed by atoms with E-state index in [1.54, 1.807) is 0 Å². The molecule has 1 aromatic carbocycles. The first-order valence-electron chi connectivity index (χ1n) is 8.59. The van der Waals surface area contributed by atoms with Crippen LogP contribution in [0.1, 0.15) is 46.2 Å². The maximum absolute atomic E-state index is 6.19. The van der Waals surface area contributed by atoms with Crippen LogP contribution in [0.3, 0.4) is 0 Å². The zero-order valence-corrected chi connectivity index (χ0v) is 14.7. The van der Waals surface area contributed by atoms with E-state index in [0.717, 1.165) is 23.6 Å². The molecule has 2 fully saturated rings. The first kappa shape index (κ1) is 15.2. The summed E-state index contributed by atoms with van der Waals surface area (Å²) < 4.78 is 14.5. The summed E-state index contributed by atoms with van der Waals surface area (Å²) in [5, 5.41) is 5.96. The van der Waals surface area contributed by atoms with Crippen LogP contribution < -0.4 is 5.46 Å². The second-order valence-electron chi connectivity index (χ2n) is 8.08. The quantitative estimate of drug-likeness (QED) is 0.817. The van der Waals surface area contributed by atoms with Gasteiger partial charge in [-0.1, -0.05) is 12.1 Å². The van der Waals surface area contributed by atoms with Crippen LogP contribution >= 0.6 is 0 Å². The molecule has 2 aliphatic rings. The molecule has 23 heavy (non-hydrogen) atoms. The molecule has 0 amide bonds.